The van der Waals surface area contributed by atoms with E-state index in [1.165, 1.54) is 0 Å². The number of aromatic amines is 1. The van der Waals surface area contributed by atoms with Crippen LogP contribution in [-0.2, 0) is 4.74 Å². The highest BCUT2D eigenvalue weighted by Crippen LogP contribution is 2.04. The van der Waals surface area contributed by atoms with Crippen molar-refractivity contribution in [3.05, 3.63) is 5.82 Å². The zero-order valence-corrected chi connectivity index (χ0v) is 10.4. The SMILES string of the molecule is COCCN(CC(C)C)C(=O)c1nc(N)n[nH]1. The van der Waals surface area contributed by atoms with Gasteiger partial charge in [0.1, 0.15) is 0 Å². The van der Waals surface area contributed by atoms with Crippen molar-refractivity contribution in [3.63, 3.8) is 0 Å². The Hall–Kier alpha value is -1.63. The van der Waals surface area contributed by atoms with Crippen LogP contribution in [0.25, 0.3) is 0 Å². The normalized spacial score (nSPS) is 10.8. The molecule has 0 unspecified atom stereocenters. The van der Waals surface area contributed by atoms with Crippen LogP contribution in [0.4, 0.5) is 5.95 Å². The number of rotatable bonds is 6. The summed E-state index contributed by atoms with van der Waals surface area (Å²) in [6.07, 6.45) is 0. The quantitative estimate of drug-likeness (QED) is 0.738. The first-order valence-corrected chi connectivity index (χ1v) is 5.50. The van der Waals surface area contributed by atoms with E-state index in [2.05, 4.69) is 15.2 Å². The van der Waals surface area contributed by atoms with Crippen LogP contribution in [0.2, 0.25) is 0 Å². The first-order chi connectivity index (χ1) is 8.04. The third-order valence-electron chi connectivity index (χ3n) is 2.14. The standard InChI is InChI=1S/C10H19N5O2/c1-7(2)6-15(4-5-17-3)9(16)8-12-10(11)14-13-8/h7H,4-6H2,1-3H3,(H3,11,12,13,14). The van der Waals surface area contributed by atoms with Crippen molar-refractivity contribution in [2.45, 2.75) is 13.8 Å². The predicted octanol–water partition coefficient (Wildman–Crippen LogP) is 0.132. The van der Waals surface area contributed by atoms with Crippen LogP contribution in [0.3, 0.4) is 0 Å². The van der Waals surface area contributed by atoms with E-state index in [1.54, 1.807) is 12.0 Å². The summed E-state index contributed by atoms with van der Waals surface area (Å²) in [5.74, 6) is 0.403. The lowest BCUT2D eigenvalue weighted by Crippen LogP contribution is -2.37. The molecule has 0 spiro atoms. The van der Waals surface area contributed by atoms with Gasteiger partial charge in [-0.3, -0.25) is 9.89 Å². The fraction of sp³-hybridized carbons (Fsp3) is 0.700. The van der Waals surface area contributed by atoms with E-state index in [0.29, 0.717) is 25.6 Å². The van der Waals surface area contributed by atoms with E-state index in [0.717, 1.165) is 0 Å². The molecule has 0 saturated carbocycles. The van der Waals surface area contributed by atoms with Gasteiger partial charge >= 0.3 is 0 Å². The molecule has 0 aliphatic heterocycles. The second-order valence-corrected chi connectivity index (χ2v) is 4.18. The molecule has 1 amide bonds. The topological polar surface area (TPSA) is 97.1 Å². The van der Waals surface area contributed by atoms with Crippen molar-refractivity contribution in [1.29, 1.82) is 0 Å². The number of ether oxygens (including phenoxy) is 1. The molecule has 1 aromatic rings. The van der Waals surface area contributed by atoms with Crippen molar-refractivity contribution in [1.82, 2.24) is 20.1 Å². The van der Waals surface area contributed by atoms with Crippen LogP contribution < -0.4 is 5.73 Å². The minimum Gasteiger partial charge on any atom is -0.383 e. The molecule has 0 atom stereocenters. The van der Waals surface area contributed by atoms with E-state index in [9.17, 15) is 4.79 Å². The molecule has 0 aliphatic carbocycles. The van der Waals surface area contributed by atoms with Gasteiger partial charge in [0.15, 0.2) is 0 Å². The van der Waals surface area contributed by atoms with Gasteiger partial charge in [-0.05, 0) is 5.92 Å². The second-order valence-electron chi connectivity index (χ2n) is 4.18. The maximum Gasteiger partial charge on any atom is 0.291 e. The van der Waals surface area contributed by atoms with Gasteiger partial charge in [-0.2, -0.15) is 4.98 Å². The molecular weight excluding hydrogens is 222 g/mol. The Morgan fingerprint density at radius 3 is 2.76 bits per heavy atom. The number of hydrogen-bond donors (Lipinski definition) is 2. The fourth-order valence-corrected chi connectivity index (χ4v) is 1.44. The van der Waals surface area contributed by atoms with Crippen molar-refractivity contribution < 1.29 is 9.53 Å². The van der Waals surface area contributed by atoms with Crippen LogP contribution in [-0.4, -0.2) is 52.8 Å². The molecular formula is C10H19N5O2. The van der Waals surface area contributed by atoms with Gasteiger partial charge < -0.3 is 15.4 Å². The van der Waals surface area contributed by atoms with E-state index < -0.39 is 0 Å². The minimum atomic E-state index is -0.208. The number of H-pyrrole nitrogens is 1. The summed E-state index contributed by atoms with van der Waals surface area (Å²) in [7, 11) is 1.60. The summed E-state index contributed by atoms with van der Waals surface area (Å²) in [4.78, 5) is 17.6. The summed E-state index contributed by atoms with van der Waals surface area (Å²) >= 11 is 0. The monoisotopic (exact) mass is 241 g/mol. The van der Waals surface area contributed by atoms with Gasteiger partial charge in [0, 0.05) is 20.2 Å². The molecule has 3 N–H and O–H groups in total. The summed E-state index contributed by atoms with van der Waals surface area (Å²) < 4.78 is 4.98. The van der Waals surface area contributed by atoms with Crippen molar-refractivity contribution in [2.75, 3.05) is 32.5 Å². The van der Waals surface area contributed by atoms with Gasteiger partial charge in [0.2, 0.25) is 11.8 Å². The number of methoxy groups -OCH3 is 1. The highest BCUT2D eigenvalue weighted by Gasteiger charge is 2.19. The molecule has 7 nitrogen and oxygen atoms in total. The molecule has 0 radical (unpaired) electrons. The molecule has 17 heavy (non-hydrogen) atoms. The molecule has 0 aliphatic rings. The van der Waals surface area contributed by atoms with E-state index in [1.807, 2.05) is 13.8 Å². The summed E-state index contributed by atoms with van der Waals surface area (Å²) in [6.45, 7) is 5.74. The number of aromatic nitrogens is 3. The zero-order valence-electron chi connectivity index (χ0n) is 10.4. The first kappa shape index (κ1) is 13.4. The molecule has 0 bridgehead atoms. The van der Waals surface area contributed by atoms with Crippen molar-refractivity contribution in [3.8, 4) is 0 Å². The third-order valence-corrected chi connectivity index (χ3v) is 2.14. The highest BCUT2D eigenvalue weighted by atomic mass is 16.5. The lowest BCUT2D eigenvalue weighted by atomic mass is 10.2. The van der Waals surface area contributed by atoms with Gasteiger partial charge in [-0.15, -0.1) is 5.10 Å². The van der Waals surface area contributed by atoms with Gasteiger partial charge in [0.05, 0.1) is 6.61 Å². The smallest absolute Gasteiger partial charge is 0.291 e. The predicted molar refractivity (Wildman–Crippen MR) is 63.4 cm³/mol. The first-order valence-electron chi connectivity index (χ1n) is 5.50. The summed E-state index contributed by atoms with van der Waals surface area (Å²) in [6, 6.07) is 0. The molecule has 0 saturated heterocycles. The Morgan fingerprint density at radius 2 is 2.29 bits per heavy atom. The summed E-state index contributed by atoms with van der Waals surface area (Å²) in [5.41, 5.74) is 5.37. The number of carbonyl (C=O) groups is 1. The number of nitrogens with one attached hydrogen (secondary N) is 1. The van der Waals surface area contributed by atoms with Crippen LogP contribution in [0.5, 0.6) is 0 Å². The minimum absolute atomic E-state index is 0.0737. The highest BCUT2D eigenvalue weighted by molar-refractivity contribution is 5.90. The average Bonchev–Trinajstić information content (AvgIpc) is 2.69. The van der Waals surface area contributed by atoms with Gasteiger partial charge in [-0.1, -0.05) is 13.8 Å². The maximum absolute atomic E-state index is 12.1. The molecule has 0 aromatic carbocycles. The number of nitrogen functional groups attached to an aromatic ring is 1. The third kappa shape index (κ3) is 4.03. The van der Waals surface area contributed by atoms with E-state index in [-0.39, 0.29) is 17.7 Å². The van der Waals surface area contributed by atoms with Gasteiger partial charge in [0.25, 0.3) is 5.91 Å². The van der Waals surface area contributed by atoms with Crippen LogP contribution >= 0.6 is 0 Å². The Morgan fingerprint density at radius 1 is 1.59 bits per heavy atom. The average molecular weight is 241 g/mol. The Bertz CT molecular complexity index is 363. The molecule has 1 heterocycles. The molecule has 0 fully saturated rings. The van der Waals surface area contributed by atoms with Crippen LogP contribution in [0, 0.1) is 5.92 Å². The van der Waals surface area contributed by atoms with Crippen molar-refractivity contribution >= 4 is 11.9 Å². The summed E-state index contributed by atoms with van der Waals surface area (Å²) in [5, 5.41) is 6.16. The Kier molecular flexibility index (Phi) is 4.89. The maximum atomic E-state index is 12.1. The molecule has 7 heteroatoms. The zero-order chi connectivity index (χ0) is 12.8. The van der Waals surface area contributed by atoms with Crippen molar-refractivity contribution in [2.24, 2.45) is 5.92 Å². The number of nitrogens with zero attached hydrogens (tertiary/aromatic N) is 3. The fourth-order valence-electron chi connectivity index (χ4n) is 1.44. The Balaban J connectivity index is 2.71. The second kappa shape index (κ2) is 6.19. The molecule has 1 aromatic heterocycles. The number of amides is 1. The van der Waals surface area contributed by atoms with Gasteiger partial charge in [-0.25, -0.2) is 0 Å². The molecule has 1 rings (SSSR count). The Labute approximate surface area is 100 Å². The number of carbonyl (C=O) groups excluding carboxylic acids is 1. The van der Waals surface area contributed by atoms with Crippen LogP contribution in [0.1, 0.15) is 24.5 Å². The lowest BCUT2D eigenvalue weighted by Gasteiger charge is -2.23. The molecule has 96 valence electrons. The number of hydrogen-bond acceptors (Lipinski definition) is 5. The lowest BCUT2D eigenvalue weighted by molar-refractivity contribution is 0.0661. The number of anilines is 1. The number of nitrogens with two attached hydrogens (primary N) is 1. The van der Waals surface area contributed by atoms with E-state index in [4.69, 9.17) is 10.5 Å². The van der Waals surface area contributed by atoms with E-state index >= 15 is 0 Å². The van der Waals surface area contributed by atoms with Crippen LogP contribution in [0.15, 0.2) is 0 Å². The largest absolute Gasteiger partial charge is 0.383 e.